The molecule has 3 rings (SSSR count). The zero-order valence-corrected chi connectivity index (χ0v) is 15.0. The lowest BCUT2D eigenvalue weighted by Gasteiger charge is -2.36. The Balaban J connectivity index is 2.09. The van der Waals surface area contributed by atoms with Gasteiger partial charge in [0, 0.05) is 12.4 Å². The Kier molecular flexibility index (Phi) is 5.17. The Morgan fingerprint density at radius 2 is 1.93 bits per heavy atom. The van der Waals surface area contributed by atoms with Crippen molar-refractivity contribution in [2.45, 2.75) is 57.0 Å². The Bertz CT molecular complexity index is 845. The maximum atomic E-state index is 13.2. The number of aromatic nitrogens is 3. The molecule has 0 aliphatic heterocycles. The molecule has 8 heteroatoms. The summed E-state index contributed by atoms with van der Waals surface area (Å²) in [7, 11) is 0. The van der Waals surface area contributed by atoms with Crippen molar-refractivity contribution in [3.8, 4) is 0 Å². The quantitative estimate of drug-likeness (QED) is 0.883. The van der Waals surface area contributed by atoms with E-state index in [4.69, 9.17) is 5.73 Å². The third-order valence-corrected chi connectivity index (χ3v) is 5.16. The molecule has 27 heavy (non-hydrogen) atoms. The summed E-state index contributed by atoms with van der Waals surface area (Å²) >= 11 is 0. The van der Waals surface area contributed by atoms with E-state index in [9.17, 15) is 18.0 Å². The topological polar surface area (TPSA) is 81.8 Å². The number of amides is 1. The van der Waals surface area contributed by atoms with Crippen LogP contribution in [0.15, 0.2) is 24.5 Å². The highest BCUT2D eigenvalue weighted by atomic mass is 19.4. The van der Waals surface area contributed by atoms with Gasteiger partial charge in [0.05, 0.1) is 17.5 Å². The van der Waals surface area contributed by atoms with E-state index in [0.29, 0.717) is 18.5 Å². The van der Waals surface area contributed by atoms with Crippen LogP contribution in [0.2, 0.25) is 0 Å². The molecule has 2 aromatic rings. The Labute approximate surface area is 155 Å². The first kappa shape index (κ1) is 19.3. The van der Waals surface area contributed by atoms with Gasteiger partial charge < -0.3 is 5.73 Å². The molecule has 0 unspecified atom stereocenters. The second-order valence-electron chi connectivity index (χ2n) is 7.04. The first-order valence-corrected chi connectivity index (χ1v) is 8.87. The molecule has 2 heterocycles. The van der Waals surface area contributed by atoms with Gasteiger partial charge in [0.15, 0.2) is 0 Å². The summed E-state index contributed by atoms with van der Waals surface area (Å²) < 4.78 is 39.5. The zero-order valence-electron chi connectivity index (χ0n) is 15.0. The smallest absolute Gasteiger partial charge is 0.369 e. The number of pyridine rings is 1. The van der Waals surface area contributed by atoms with Crippen LogP contribution in [-0.4, -0.2) is 20.9 Å². The summed E-state index contributed by atoms with van der Waals surface area (Å²) in [5, 5.41) is 0. The Hall–Kier alpha value is -2.51. The summed E-state index contributed by atoms with van der Waals surface area (Å²) in [6.45, 7) is 1.82. The summed E-state index contributed by atoms with van der Waals surface area (Å²) in [6.07, 6.45) is 2.39. The molecular weight excluding hydrogens is 357 g/mol. The van der Waals surface area contributed by atoms with Crippen molar-refractivity contribution in [1.82, 2.24) is 15.0 Å². The van der Waals surface area contributed by atoms with Gasteiger partial charge in [-0.2, -0.15) is 13.2 Å². The molecule has 0 saturated heterocycles. The van der Waals surface area contributed by atoms with Crippen molar-refractivity contribution in [2.75, 3.05) is 0 Å². The molecule has 0 spiro atoms. The van der Waals surface area contributed by atoms with E-state index >= 15 is 0 Å². The van der Waals surface area contributed by atoms with Crippen molar-refractivity contribution in [3.05, 3.63) is 52.9 Å². The molecule has 2 N–H and O–H groups in total. The van der Waals surface area contributed by atoms with E-state index in [1.165, 1.54) is 6.20 Å². The maximum Gasteiger partial charge on any atom is 0.433 e. The predicted molar refractivity (Wildman–Crippen MR) is 92.8 cm³/mol. The fraction of sp³-hybridized carbons (Fsp3) is 0.474. The van der Waals surface area contributed by atoms with Crippen LogP contribution in [0.5, 0.6) is 0 Å². The van der Waals surface area contributed by atoms with E-state index in [-0.39, 0.29) is 12.2 Å². The molecule has 144 valence electrons. The van der Waals surface area contributed by atoms with E-state index in [2.05, 4.69) is 15.0 Å². The zero-order chi connectivity index (χ0) is 19.7. The summed E-state index contributed by atoms with van der Waals surface area (Å²) in [4.78, 5) is 23.6. The van der Waals surface area contributed by atoms with Crippen LogP contribution in [0.1, 0.15) is 60.4 Å². The van der Waals surface area contributed by atoms with Crippen molar-refractivity contribution in [1.29, 1.82) is 0 Å². The lowest BCUT2D eigenvalue weighted by molar-refractivity contribution is -0.141. The summed E-state index contributed by atoms with van der Waals surface area (Å²) in [5.41, 5.74) is 5.74. The van der Waals surface area contributed by atoms with Crippen LogP contribution in [0.4, 0.5) is 13.2 Å². The standard InChI is InChI=1S/C19H21F3N4O/c1-12-9-13(11-25-14(12)10-16(23)27)18(6-3-2-4-7-18)17-24-8-5-15(26-17)19(20,21)22/h5,8-9,11H,2-4,6-7,10H2,1H3,(H2,23,27). The molecule has 1 amide bonds. The minimum Gasteiger partial charge on any atom is -0.369 e. The van der Waals surface area contributed by atoms with Gasteiger partial charge in [-0.05, 0) is 37.0 Å². The number of alkyl halides is 3. The Morgan fingerprint density at radius 3 is 2.52 bits per heavy atom. The minimum atomic E-state index is -4.52. The second kappa shape index (κ2) is 7.25. The van der Waals surface area contributed by atoms with Crippen LogP contribution in [0, 0.1) is 6.92 Å². The van der Waals surface area contributed by atoms with Gasteiger partial charge in [-0.3, -0.25) is 9.78 Å². The number of primary amides is 1. The van der Waals surface area contributed by atoms with Gasteiger partial charge in [-0.25, -0.2) is 9.97 Å². The molecule has 2 aromatic heterocycles. The van der Waals surface area contributed by atoms with Crippen LogP contribution >= 0.6 is 0 Å². The van der Waals surface area contributed by atoms with Crippen molar-refractivity contribution < 1.29 is 18.0 Å². The van der Waals surface area contributed by atoms with Crippen LogP contribution in [0.3, 0.4) is 0 Å². The molecule has 1 aliphatic rings. The van der Waals surface area contributed by atoms with Gasteiger partial charge in [0.2, 0.25) is 5.91 Å². The molecule has 1 fully saturated rings. The summed E-state index contributed by atoms with van der Waals surface area (Å²) in [5.74, 6) is -0.298. The highest BCUT2D eigenvalue weighted by molar-refractivity contribution is 5.76. The van der Waals surface area contributed by atoms with Gasteiger partial charge in [0.1, 0.15) is 11.5 Å². The number of nitrogens with zero attached hydrogens (tertiary/aromatic N) is 3. The largest absolute Gasteiger partial charge is 0.433 e. The van der Waals surface area contributed by atoms with Gasteiger partial charge >= 0.3 is 6.18 Å². The number of hydrogen-bond acceptors (Lipinski definition) is 4. The van der Waals surface area contributed by atoms with Crippen molar-refractivity contribution in [3.63, 3.8) is 0 Å². The van der Waals surface area contributed by atoms with Crippen LogP contribution in [-0.2, 0) is 22.8 Å². The second-order valence-corrected chi connectivity index (χ2v) is 7.04. The first-order valence-electron chi connectivity index (χ1n) is 8.87. The number of carbonyl (C=O) groups excluding carboxylic acids is 1. The summed E-state index contributed by atoms with van der Waals surface area (Å²) in [6, 6.07) is 2.76. The number of rotatable bonds is 4. The number of hydrogen-bond donors (Lipinski definition) is 1. The normalized spacial score (nSPS) is 16.9. The van der Waals surface area contributed by atoms with E-state index < -0.39 is 23.2 Å². The fourth-order valence-electron chi connectivity index (χ4n) is 3.76. The van der Waals surface area contributed by atoms with Gasteiger partial charge in [-0.1, -0.05) is 25.3 Å². The molecule has 0 atom stereocenters. The number of nitrogens with two attached hydrogens (primary N) is 1. The predicted octanol–water partition coefficient (Wildman–Crippen LogP) is 3.48. The van der Waals surface area contributed by atoms with E-state index in [1.54, 1.807) is 6.20 Å². The van der Waals surface area contributed by atoms with Crippen molar-refractivity contribution in [2.24, 2.45) is 5.73 Å². The van der Waals surface area contributed by atoms with Crippen molar-refractivity contribution >= 4 is 5.91 Å². The first-order chi connectivity index (χ1) is 12.7. The van der Waals surface area contributed by atoms with Crippen LogP contribution < -0.4 is 5.73 Å². The maximum absolute atomic E-state index is 13.2. The highest BCUT2D eigenvalue weighted by Crippen LogP contribution is 2.44. The number of carbonyl (C=O) groups is 1. The molecular formula is C19H21F3N4O. The average Bonchev–Trinajstić information content (AvgIpc) is 2.63. The molecule has 1 saturated carbocycles. The monoisotopic (exact) mass is 378 g/mol. The molecule has 5 nitrogen and oxygen atoms in total. The van der Waals surface area contributed by atoms with E-state index in [0.717, 1.165) is 36.5 Å². The van der Waals surface area contributed by atoms with E-state index in [1.807, 2.05) is 13.0 Å². The SMILES string of the molecule is Cc1cc(C2(c3nccc(C(F)(F)F)n3)CCCCC2)cnc1CC(N)=O. The average molecular weight is 378 g/mol. The van der Waals surface area contributed by atoms with Gasteiger partial charge in [-0.15, -0.1) is 0 Å². The molecule has 1 aliphatic carbocycles. The number of aryl methyl sites for hydroxylation is 1. The van der Waals surface area contributed by atoms with Crippen LogP contribution in [0.25, 0.3) is 0 Å². The fourth-order valence-corrected chi connectivity index (χ4v) is 3.76. The molecule has 0 bridgehead atoms. The van der Waals surface area contributed by atoms with Gasteiger partial charge in [0.25, 0.3) is 0 Å². The lowest BCUT2D eigenvalue weighted by Crippen LogP contribution is -2.34. The molecule has 0 aromatic carbocycles. The highest BCUT2D eigenvalue weighted by Gasteiger charge is 2.41. The number of halogens is 3. The molecule has 0 radical (unpaired) electrons. The minimum absolute atomic E-state index is 0.0270. The third kappa shape index (κ3) is 3.94. The Morgan fingerprint density at radius 1 is 1.22 bits per heavy atom. The lowest BCUT2D eigenvalue weighted by atomic mass is 9.69. The third-order valence-electron chi connectivity index (χ3n) is 5.16.